The summed E-state index contributed by atoms with van der Waals surface area (Å²) in [6, 6.07) is 27.8. The third kappa shape index (κ3) is 5.51. The fourth-order valence-corrected chi connectivity index (χ4v) is 4.39. The first kappa shape index (κ1) is 28.9. The van der Waals surface area contributed by atoms with E-state index in [2.05, 4.69) is 20.6 Å². The summed E-state index contributed by atoms with van der Waals surface area (Å²) in [6.45, 7) is 0. The smallest absolute Gasteiger partial charge is 0.618 e. The van der Waals surface area contributed by atoms with Crippen LogP contribution in [0.25, 0.3) is 44.2 Å². The second kappa shape index (κ2) is 11.8. The molecule has 4 aromatic carbocycles. The Morgan fingerprint density at radius 3 is 1.33 bits per heavy atom. The summed E-state index contributed by atoms with van der Waals surface area (Å²) in [5.41, 5.74) is 2.28. The van der Waals surface area contributed by atoms with E-state index in [9.17, 15) is 20.2 Å². The Bertz CT molecular complexity index is 1900. The molecule has 0 saturated carbocycles. The first-order chi connectivity index (χ1) is 21.4. The summed E-state index contributed by atoms with van der Waals surface area (Å²) in [6.07, 6.45) is 0. The number of oxazole rings is 2. The molecule has 6 aromatic rings. The van der Waals surface area contributed by atoms with Crippen molar-refractivity contribution < 1.29 is 45.2 Å². The van der Waals surface area contributed by atoms with Crippen LogP contribution in [-0.4, -0.2) is 19.8 Å². The minimum absolute atomic E-state index is 0. The van der Waals surface area contributed by atoms with Crippen molar-refractivity contribution >= 4 is 45.0 Å². The van der Waals surface area contributed by atoms with E-state index in [-0.39, 0.29) is 40.6 Å². The Balaban J connectivity index is 0.000000155. The van der Waals surface area contributed by atoms with Gasteiger partial charge in [-0.05, 0) is 36.4 Å². The Kier molecular flexibility index (Phi) is 7.60. The van der Waals surface area contributed by atoms with Gasteiger partial charge < -0.3 is 28.9 Å². The van der Waals surface area contributed by atoms with Crippen LogP contribution >= 0.6 is 0 Å². The number of para-hydroxylation sites is 8. The maximum atomic E-state index is 11.4. The third-order valence-electron chi connectivity index (χ3n) is 6.35. The molecule has 0 unspecified atom stereocenters. The van der Waals surface area contributed by atoms with Gasteiger partial charge in [0.2, 0.25) is 0 Å². The molecular weight excluding hydrogens is 636 g/mol. The van der Waals surface area contributed by atoms with Gasteiger partial charge in [0.25, 0.3) is 0 Å². The normalized spacial score (nSPS) is 14.8. The molecule has 15 heteroatoms. The predicted octanol–water partition coefficient (Wildman–Crippen LogP) is 7.65. The maximum Gasteiger partial charge on any atom is 2.00 e. The van der Waals surface area contributed by atoms with Crippen molar-refractivity contribution in [1.82, 2.24) is 9.97 Å². The van der Waals surface area contributed by atoms with Crippen LogP contribution in [-0.2, 0) is 17.1 Å². The molecular formula is C30H16CuN6O8. The van der Waals surface area contributed by atoms with E-state index < -0.39 is 21.2 Å². The van der Waals surface area contributed by atoms with Crippen LogP contribution in [0.15, 0.2) is 118 Å². The Hall–Kier alpha value is -6.18. The van der Waals surface area contributed by atoms with Crippen LogP contribution in [0.1, 0.15) is 11.8 Å². The predicted molar refractivity (Wildman–Crippen MR) is 156 cm³/mol. The molecule has 0 atom stereocenters. The van der Waals surface area contributed by atoms with Gasteiger partial charge >= 0.3 is 40.2 Å². The standard InChI is InChI=1S/2C15H8N3O4.Cu/c2*19-18(20)13(14-16-9-5-1-3-7-11(9)21-14)15-17-10-6-2-4-8-12(10)22-15;/h2*1-8H;/q2*-1;+2/b2*14-13-;. The van der Waals surface area contributed by atoms with Gasteiger partial charge in [-0.15, -0.1) is 0 Å². The van der Waals surface area contributed by atoms with E-state index in [4.69, 9.17) is 18.3 Å². The molecule has 8 rings (SSSR count). The molecule has 1 radical (unpaired) electrons. The molecule has 45 heavy (non-hydrogen) atoms. The summed E-state index contributed by atoms with van der Waals surface area (Å²) in [4.78, 5) is 29.9. The number of rotatable bonds is 4. The van der Waals surface area contributed by atoms with Gasteiger partial charge in [0.05, 0.1) is 9.85 Å². The summed E-state index contributed by atoms with van der Waals surface area (Å²) in [5.74, 6) is 0.423. The quantitative estimate of drug-likeness (QED) is 0.104. The molecule has 14 nitrogen and oxygen atoms in total. The first-order valence-corrected chi connectivity index (χ1v) is 12.9. The van der Waals surface area contributed by atoms with Crippen molar-refractivity contribution in [1.29, 1.82) is 0 Å². The topological polar surface area (TPSA) is 185 Å². The zero-order valence-electron chi connectivity index (χ0n) is 22.5. The second-order valence-corrected chi connectivity index (χ2v) is 9.16. The average Bonchev–Trinajstić information content (AvgIpc) is 3.81. The zero-order valence-corrected chi connectivity index (χ0v) is 23.4. The van der Waals surface area contributed by atoms with Crippen LogP contribution in [0.2, 0.25) is 0 Å². The molecule has 2 aliphatic heterocycles. The maximum absolute atomic E-state index is 11.4. The number of ether oxygens (including phenoxy) is 2. The number of benzene rings is 4. The largest absolute Gasteiger partial charge is 2.00 e. The number of aromatic nitrogens is 2. The molecule has 0 fully saturated rings. The van der Waals surface area contributed by atoms with Crippen molar-refractivity contribution in [2.45, 2.75) is 0 Å². The number of nitrogens with zero attached hydrogens (tertiary/aromatic N) is 6. The molecule has 2 aromatic heterocycles. The average molecular weight is 652 g/mol. The molecule has 0 N–H and O–H groups in total. The number of nitro groups is 2. The summed E-state index contributed by atoms with van der Waals surface area (Å²) < 4.78 is 21.8. The van der Waals surface area contributed by atoms with E-state index in [0.29, 0.717) is 45.1 Å². The van der Waals surface area contributed by atoms with Crippen molar-refractivity contribution in [3.8, 4) is 11.5 Å². The second-order valence-electron chi connectivity index (χ2n) is 9.16. The van der Waals surface area contributed by atoms with E-state index >= 15 is 0 Å². The monoisotopic (exact) mass is 651 g/mol. The van der Waals surface area contributed by atoms with Crippen LogP contribution in [0, 0.1) is 20.2 Å². The number of hydrogen-bond acceptors (Lipinski definition) is 10. The van der Waals surface area contributed by atoms with Crippen molar-refractivity contribution in [2.75, 3.05) is 0 Å². The van der Waals surface area contributed by atoms with E-state index in [1.807, 2.05) is 0 Å². The Morgan fingerprint density at radius 2 is 0.956 bits per heavy atom. The van der Waals surface area contributed by atoms with Crippen molar-refractivity contribution in [2.24, 2.45) is 0 Å². The third-order valence-corrected chi connectivity index (χ3v) is 6.35. The van der Waals surface area contributed by atoms with Gasteiger partial charge in [-0.1, -0.05) is 72.0 Å². The van der Waals surface area contributed by atoms with Gasteiger partial charge in [0.1, 0.15) is 34.3 Å². The summed E-state index contributed by atoms with van der Waals surface area (Å²) in [5, 5.41) is 31.1. The molecule has 0 spiro atoms. The molecule has 225 valence electrons. The van der Waals surface area contributed by atoms with Gasteiger partial charge in [0, 0.05) is 0 Å². The zero-order chi connectivity index (χ0) is 30.2. The van der Waals surface area contributed by atoms with Gasteiger partial charge in [-0.25, -0.2) is 9.97 Å². The molecule has 2 aliphatic rings. The van der Waals surface area contributed by atoms with Crippen LogP contribution in [0.5, 0.6) is 11.5 Å². The molecule has 0 bridgehead atoms. The van der Waals surface area contributed by atoms with E-state index in [0.717, 1.165) is 0 Å². The first-order valence-electron chi connectivity index (χ1n) is 12.9. The van der Waals surface area contributed by atoms with Crippen LogP contribution in [0.3, 0.4) is 0 Å². The van der Waals surface area contributed by atoms with Crippen molar-refractivity contribution in [3.63, 3.8) is 0 Å². The molecule has 0 aliphatic carbocycles. The Morgan fingerprint density at radius 1 is 0.578 bits per heavy atom. The van der Waals surface area contributed by atoms with E-state index in [1.165, 1.54) is 0 Å². The summed E-state index contributed by atoms with van der Waals surface area (Å²) in [7, 11) is 0. The SMILES string of the molecule is O=[N+]([O-])/C(=C1/[N-]c2ccccc2O1)c1nc2ccccc2o1.O=[N+]([O-])/C(=C1/[N-]c2ccccc2O1)c1nc2ccccc2o1.[Cu+2]. The molecule has 4 heterocycles. The van der Waals surface area contributed by atoms with Crippen LogP contribution in [0.4, 0.5) is 11.4 Å². The number of fused-ring (bicyclic) bond motifs is 4. The van der Waals surface area contributed by atoms with Gasteiger partial charge in [-0.2, -0.15) is 0 Å². The Labute approximate surface area is 262 Å². The van der Waals surface area contributed by atoms with Crippen molar-refractivity contribution in [3.05, 3.63) is 151 Å². The fraction of sp³-hybridized carbons (Fsp3) is 0. The van der Waals surface area contributed by atoms with Gasteiger partial charge in [0.15, 0.2) is 11.2 Å². The minimum Gasteiger partial charge on any atom is -0.618 e. The number of hydrogen-bond donors (Lipinski definition) is 0. The minimum atomic E-state index is -0.602. The van der Waals surface area contributed by atoms with Crippen LogP contribution < -0.4 is 9.47 Å². The summed E-state index contributed by atoms with van der Waals surface area (Å²) >= 11 is 0. The fourth-order valence-electron chi connectivity index (χ4n) is 4.39. The molecule has 0 amide bonds. The molecule has 0 saturated heterocycles. The van der Waals surface area contributed by atoms with Gasteiger partial charge in [-0.3, -0.25) is 20.2 Å². The van der Waals surface area contributed by atoms with E-state index in [1.54, 1.807) is 97.1 Å².